The molecule has 1 saturated carbocycles. The fraction of sp³-hybridized carbons (Fsp3) is 0.385. The Bertz CT molecular complexity index is 527. The van der Waals surface area contributed by atoms with Gasteiger partial charge in [0.05, 0.1) is 5.56 Å². The number of hydrogen-bond acceptors (Lipinski definition) is 2. The van der Waals surface area contributed by atoms with Gasteiger partial charge in [0.2, 0.25) is 0 Å². The molecule has 0 unspecified atom stereocenters. The van der Waals surface area contributed by atoms with Crippen LogP contribution in [-0.4, -0.2) is 22.5 Å². The first kappa shape index (κ1) is 14.0. The number of nitrogens with one attached hydrogen (secondary N) is 1. The van der Waals surface area contributed by atoms with Crippen LogP contribution in [0.4, 0.5) is 4.39 Å². The number of halogens is 2. The predicted octanol–water partition coefficient (Wildman–Crippen LogP) is 2.72. The third kappa shape index (κ3) is 2.78. The fourth-order valence-corrected chi connectivity index (χ4v) is 2.66. The van der Waals surface area contributed by atoms with Crippen molar-refractivity contribution in [3.63, 3.8) is 0 Å². The highest BCUT2D eigenvalue weighted by molar-refractivity contribution is 9.10. The lowest BCUT2D eigenvalue weighted by Gasteiger charge is -2.25. The molecule has 0 atom stereocenters. The minimum atomic E-state index is -1.25. The van der Waals surface area contributed by atoms with Gasteiger partial charge in [0.1, 0.15) is 11.4 Å². The van der Waals surface area contributed by atoms with Gasteiger partial charge in [-0.2, -0.15) is 0 Å². The molecular formula is C13H13BrFNO3. The van der Waals surface area contributed by atoms with Crippen molar-refractivity contribution < 1.29 is 19.1 Å². The summed E-state index contributed by atoms with van der Waals surface area (Å²) in [5.74, 6) is -2.42. The van der Waals surface area contributed by atoms with E-state index >= 15 is 0 Å². The van der Waals surface area contributed by atoms with E-state index < -0.39 is 23.2 Å². The molecule has 0 radical (unpaired) electrons. The van der Waals surface area contributed by atoms with E-state index in [1.807, 2.05) is 0 Å². The summed E-state index contributed by atoms with van der Waals surface area (Å²) in [5, 5.41) is 11.7. The molecule has 1 fully saturated rings. The van der Waals surface area contributed by atoms with Crippen LogP contribution in [0.5, 0.6) is 0 Å². The number of amides is 1. The number of carbonyl (C=O) groups excluding carboxylic acids is 1. The first-order valence-electron chi connectivity index (χ1n) is 5.95. The summed E-state index contributed by atoms with van der Waals surface area (Å²) in [5.41, 5.74) is -1.40. The third-order valence-electron chi connectivity index (χ3n) is 3.40. The molecule has 0 heterocycles. The van der Waals surface area contributed by atoms with Crippen molar-refractivity contribution >= 4 is 27.8 Å². The number of carboxylic acid groups (broad SMARTS) is 1. The molecule has 1 aromatic carbocycles. The lowest BCUT2D eigenvalue weighted by molar-refractivity contribution is -0.144. The molecule has 2 rings (SSSR count). The molecule has 2 N–H and O–H groups in total. The minimum Gasteiger partial charge on any atom is -0.480 e. The number of hydrogen-bond donors (Lipinski definition) is 2. The second kappa shape index (κ2) is 5.28. The molecule has 1 aliphatic rings. The Balaban J connectivity index is 2.22. The van der Waals surface area contributed by atoms with Crippen molar-refractivity contribution in [1.82, 2.24) is 5.32 Å². The van der Waals surface area contributed by atoms with Crippen LogP contribution < -0.4 is 5.32 Å². The maximum Gasteiger partial charge on any atom is 0.329 e. The van der Waals surface area contributed by atoms with Crippen molar-refractivity contribution in [2.75, 3.05) is 0 Å². The van der Waals surface area contributed by atoms with Crippen LogP contribution in [0.3, 0.4) is 0 Å². The predicted molar refractivity (Wildman–Crippen MR) is 70.4 cm³/mol. The number of carbonyl (C=O) groups is 2. The second-order valence-electron chi connectivity index (χ2n) is 4.67. The first-order valence-corrected chi connectivity index (χ1v) is 6.75. The third-order valence-corrected chi connectivity index (χ3v) is 3.89. The number of aliphatic carboxylic acids is 1. The van der Waals surface area contributed by atoms with E-state index in [2.05, 4.69) is 21.2 Å². The fourth-order valence-electron chi connectivity index (χ4n) is 2.33. The van der Waals surface area contributed by atoms with Crippen LogP contribution in [-0.2, 0) is 4.79 Å². The summed E-state index contributed by atoms with van der Waals surface area (Å²) in [6.07, 6.45) is 2.25. The largest absolute Gasteiger partial charge is 0.480 e. The van der Waals surface area contributed by atoms with Gasteiger partial charge in [0, 0.05) is 4.47 Å². The standard InChI is InChI=1S/C13H13BrFNO3/c14-8-3-4-9(10(15)7-8)11(17)16-13(12(18)19)5-1-2-6-13/h3-4,7H,1-2,5-6H2,(H,16,17)(H,18,19). The van der Waals surface area contributed by atoms with E-state index in [1.54, 1.807) is 6.07 Å². The Labute approximate surface area is 118 Å². The average Bonchev–Trinajstić information content (AvgIpc) is 2.78. The molecule has 0 saturated heterocycles. The zero-order chi connectivity index (χ0) is 14.0. The molecule has 102 valence electrons. The van der Waals surface area contributed by atoms with Gasteiger partial charge in [0.15, 0.2) is 0 Å². The van der Waals surface area contributed by atoms with Crippen LogP contribution in [0, 0.1) is 5.82 Å². The van der Waals surface area contributed by atoms with Gasteiger partial charge in [0.25, 0.3) is 5.91 Å². The summed E-state index contributed by atoms with van der Waals surface area (Å²) in [6.45, 7) is 0. The Kier molecular flexibility index (Phi) is 3.89. The second-order valence-corrected chi connectivity index (χ2v) is 5.59. The maximum atomic E-state index is 13.7. The molecular weight excluding hydrogens is 317 g/mol. The van der Waals surface area contributed by atoms with Crippen molar-refractivity contribution in [2.24, 2.45) is 0 Å². The van der Waals surface area contributed by atoms with Gasteiger partial charge in [-0.25, -0.2) is 9.18 Å². The Morgan fingerprint density at radius 2 is 1.95 bits per heavy atom. The van der Waals surface area contributed by atoms with Gasteiger partial charge < -0.3 is 10.4 Å². The quantitative estimate of drug-likeness (QED) is 0.896. The highest BCUT2D eigenvalue weighted by atomic mass is 79.9. The van der Waals surface area contributed by atoms with Gasteiger partial charge >= 0.3 is 5.97 Å². The van der Waals surface area contributed by atoms with Crippen LogP contribution in [0.15, 0.2) is 22.7 Å². The molecule has 4 nitrogen and oxygen atoms in total. The molecule has 0 bridgehead atoms. The summed E-state index contributed by atoms with van der Waals surface area (Å²) < 4.78 is 14.2. The van der Waals surface area contributed by atoms with Crippen LogP contribution in [0.1, 0.15) is 36.0 Å². The van der Waals surface area contributed by atoms with E-state index in [9.17, 15) is 19.1 Å². The lowest BCUT2D eigenvalue weighted by atomic mass is 9.97. The monoisotopic (exact) mass is 329 g/mol. The zero-order valence-corrected chi connectivity index (χ0v) is 11.7. The van der Waals surface area contributed by atoms with Gasteiger partial charge in [-0.15, -0.1) is 0 Å². The van der Waals surface area contributed by atoms with Crippen molar-refractivity contribution in [1.29, 1.82) is 0 Å². The molecule has 19 heavy (non-hydrogen) atoms. The molecule has 0 aromatic heterocycles. The molecule has 1 aromatic rings. The SMILES string of the molecule is O=C(NC1(C(=O)O)CCCC1)c1ccc(Br)cc1F. The zero-order valence-electron chi connectivity index (χ0n) is 10.1. The highest BCUT2D eigenvalue weighted by Crippen LogP contribution is 2.30. The van der Waals surface area contributed by atoms with Crippen molar-refractivity contribution in [3.8, 4) is 0 Å². The molecule has 6 heteroatoms. The van der Waals surface area contributed by atoms with Gasteiger partial charge in [-0.3, -0.25) is 4.79 Å². The summed E-state index contributed by atoms with van der Waals surface area (Å²) in [6, 6.07) is 4.05. The lowest BCUT2D eigenvalue weighted by Crippen LogP contribution is -2.52. The van der Waals surface area contributed by atoms with Crippen LogP contribution in [0.25, 0.3) is 0 Å². The van der Waals surface area contributed by atoms with E-state index in [4.69, 9.17) is 0 Å². The number of rotatable bonds is 3. The molecule has 0 aliphatic heterocycles. The summed E-state index contributed by atoms with van der Waals surface area (Å²) in [7, 11) is 0. The molecule has 1 amide bonds. The molecule has 1 aliphatic carbocycles. The smallest absolute Gasteiger partial charge is 0.329 e. The van der Waals surface area contributed by atoms with E-state index in [0.29, 0.717) is 17.3 Å². The first-order chi connectivity index (χ1) is 8.94. The van der Waals surface area contributed by atoms with Crippen molar-refractivity contribution in [2.45, 2.75) is 31.2 Å². The van der Waals surface area contributed by atoms with E-state index in [0.717, 1.165) is 12.8 Å². The highest BCUT2D eigenvalue weighted by Gasteiger charge is 2.42. The van der Waals surface area contributed by atoms with Crippen LogP contribution in [0.2, 0.25) is 0 Å². The van der Waals surface area contributed by atoms with Gasteiger partial charge in [-0.1, -0.05) is 28.8 Å². The van der Waals surface area contributed by atoms with E-state index in [-0.39, 0.29) is 5.56 Å². The Hall–Kier alpha value is -1.43. The normalized spacial score (nSPS) is 17.2. The van der Waals surface area contributed by atoms with Crippen LogP contribution >= 0.6 is 15.9 Å². The summed E-state index contributed by atoms with van der Waals surface area (Å²) >= 11 is 3.10. The number of carboxylic acids is 1. The Morgan fingerprint density at radius 3 is 2.47 bits per heavy atom. The topological polar surface area (TPSA) is 66.4 Å². The van der Waals surface area contributed by atoms with Crippen molar-refractivity contribution in [3.05, 3.63) is 34.1 Å². The molecule has 0 spiro atoms. The van der Waals surface area contributed by atoms with Gasteiger partial charge in [-0.05, 0) is 31.0 Å². The average molecular weight is 330 g/mol. The number of benzene rings is 1. The minimum absolute atomic E-state index is 0.143. The maximum absolute atomic E-state index is 13.7. The summed E-state index contributed by atoms with van der Waals surface area (Å²) in [4.78, 5) is 23.3. The Morgan fingerprint density at radius 1 is 1.32 bits per heavy atom. The van der Waals surface area contributed by atoms with E-state index in [1.165, 1.54) is 12.1 Å².